The Balaban J connectivity index is 0.00000114. The highest BCUT2D eigenvalue weighted by Crippen LogP contribution is 2.51. The molecule has 17 heteroatoms. The summed E-state index contributed by atoms with van der Waals surface area (Å²) in [5.74, 6) is -6.57. The first-order valence-electron chi connectivity index (χ1n) is 23.6. The maximum absolute atomic E-state index is 14.7. The zero-order valence-electron chi connectivity index (χ0n) is 40.9. The van der Waals surface area contributed by atoms with Crippen molar-refractivity contribution in [2.45, 2.75) is 118 Å². The number of aliphatic hydroxyl groups excluding tert-OH is 2. The molecule has 0 unspecified atom stereocenters. The fourth-order valence-corrected chi connectivity index (χ4v) is 9.84. The van der Waals surface area contributed by atoms with E-state index in [1.807, 2.05) is 0 Å². The summed E-state index contributed by atoms with van der Waals surface area (Å²) in [6.07, 6.45) is 5.07. The molecule has 7 N–H and O–H groups in total. The van der Waals surface area contributed by atoms with Gasteiger partial charge >= 0.3 is 11.8 Å². The third-order valence-corrected chi connectivity index (χ3v) is 13.9. The Hall–Kier alpha value is -4.91. The van der Waals surface area contributed by atoms with E-state index < -0.39 is 82.9 Å². The predicted molar refractivity (Wildman–Crippen MR) is 253 cm³/mol. The van der Waals surface area contributed by atoms with Crippen molar-refractivity contribution in [3.8, 4) is 17.2 Å². The molecular formula is C50H72N6O11. The summed E-state index contributed by atoms with van der Waals surface area (Å²) in [6.45, 7) is 24.1. The van der Waals surface area contributed by atoms with Gasteiger partial charge in [-0.2, -0.15) is 0 Å². The van der Waals surface area contributed by atoms with E-state index in [1.54, 1.807) is 65.8 Å². The minimum atomic E-state index is -1.95. The van der Waals surface area contributed by atoms with Crippen molar-refractivity contribution >= 4 is 34.1 Å². The Morgan fingerprint density at radius 1 is 0.925 bits per heavy atom. The summed E-state index contributed by atoms with van der Waals surface area (Å²) in [7, 11) is 1.47. The molecule has 7 rings (SSSR count). The Morgan fingerprint density at radius 3 is 2.15 bits per heavy atom. The number of aromatic hydroxyl groups is 2. The highest BCUT2D eigenvalue weighted by molar-refractivity contribution is 6.21. The van der Waals surface area contributed by atoms with Gasteiger partial charge in [0.1, 0.15) is 34.0 Å². The van der Waals surface area contributed by atoms with E-state index in [0.717, 1.165) is 45.8 Å². The molecule has 9 atom stereocenters. The van der Waals surface area contributed by atoms with Crippen LogP contribution in [0.2, 0.25) is 0 Å². The average molecular weight is 933 g/mol. The second-order valence-corrected chi connectivity index (χ2v) is 19.5. The Bertz CT molecular complexity index is 2390. The molecule has 0 saturated carbocycles. The van der Waals surface area contributed by atoms with Crippen LogP contribution in [0.15, 0.2) is 46.1 Å². The number of phenols is 2. The van der Waals surface area contributed by atoms with E-state index in [0.29, 0.717) is 24.4 Å². The summed E-state index contributed by atoms with van der Waals surface area (Å²) >= 11 is 0. The molecule has 67 heavy (non-hydrogen) atoms. The van der Waals surface area contributed by atoms with Crippen LogP contribution in [0, 0.1) is 36.5 Å². The first-order chi connectivity index (χ1) is 31.6. The van der Waals surface area contributed by atoms with Crippen molar-refractivity contribution in [3.63, 3.8) is 0 Å². The second-order valence-electron chi connectivity index (χ2n) is 19.5. The van der Waals surface area contributed by atoms with Crippen LogP contribution in [-0.4, -0.2) is 132 Å². The summed E-state index contributed by atoms with van der Waals surface area (Å²) < 4.78 is 24.0. The number of Topliss-reactive ketones (excluding diaryl/α,β-unsaturated/α-hetero) is 1. The maximum Gasteiger partial charge on any atom is 0.312 e. The number of benzene rings is 2. The number of carbonyl (C=O) groups is 3. The lowest BCUT2D eigenvalue weighted by Crippen LogP contribution is -2.47. The molecule has 368 valence electrons. The Morgan fingerprint density at radius 2 is 1.57 bits per heavy atom. The van der Waals surface area contributed by atoms with E-state index in [2.05, 4.69) is 39.7 Å². The molecule has 2 fully saturated rings. The molecular weight excluding hydrogens is 861 g/mol. The molecule has 1 amide bonds. The van der Waals surface area contributed by atoms with Gasteiger partial charge < -0.3 is 60.2 Å². The van der Waals surface area contributed by atoms with E-state index in [4.69, 9.17) is 23.9 Å². The first kappa shape index (κ1) is 51.5. The fourth-order valence-electron chi connectivity index (χ4n) is 9.84. The molecule has 5 aliphatic rings. The van der Waals surface area contributed by atoms with Crippen LogP contribution < -0.4 is 31.4 Å². The van der Waals surface area contributed by atoms with Gasteiger partial charge in [0.15, 0.2) is 5.75 Å². The molecule has 0 aliphatic carbocycles. The molecule has 17 nitrogen and oxygen atoms in total. The monoisotopic (exact) mass is 933 g/mol. The first-order valence-corrected chi connectivity index (χ1v) is 23.6. The average Bonchev–Trinajstić information content (AvgIpc) is 3.80. The number of piperazine rings is 1. The molecule has 0 aromatic heterocycles. The lowest BCUT2D eigenvalue weighted by atomic mass is 9.78. The topological polar surface area (TPSA) is 233 Å². The van der Waals surface area contributed by atoms with Crippen LogP contribution in [0.3, 0.4) is 0 Å². The van der Waals surface area contributed by atoms with Crippen molar-refractivity contribution in [1.29, 1.82) is 0 Å². The number of anilines is 1. The molecule has 2 aromatic rings. The number of methoxy groups -OCH3 is 1. The molecule has 5 aliphatic heterocycles. The number of ketones is 1. The van der Waals surface area contributed by atoms with Crippen molar-refractivity contribution < 1.29 is 53.8 Å². The molecule has 0 radical (unpaired) electrons. The summed E-state index contributed by atoms with van der Waals surface area (Å²) in [5, 5.41) is 57.0. The van der Waals surface area contributed by atoms with Gasteiger partial charge in [-0.3, -0.25) is 19.4 Å². The van der Waals surface area contributed by atoms with Crippen LogP contribution in [-0.2, 0) is 23.8 Å². The van der Waals surface area contributed by atoms with Crippen molar-refractivity contribution in [1.82, 2.24) is 15.5 Å². The SMILES string of the molecule is C1CNCCN1.CO[C@H]1/C=C/O[C@@]2(C)Oc3c(C)c(O)c4c(O)c(c5c(c4c3C2=O)NC2(CCN(CC(C)C)CC2)N=5)=NC(=O)/C(C)=C\C=C\[C@H](C)[C@H](O)[C@@H](C)[C@@H](O)[C@@H](C)[C@H](OC(C)=O)[C@@H]1C. The van der Waals surface area contributed by atoms with Crippen molar-refractivity contribution in [2.24, 2.45) is 39.6 Å². The lowest BCUT2D eigenvalue weighted by molar-refractivity contribution is -0.160. The van der Waals surface area contributed by atoms with Crippen LogP contribution >= 0.6 is 0 Å². The zero-order chi connectivity index (χ0) is 49.1. The van der Waals surface area contributed by atoms with Gasteiger partial charge in [0, 0.05) is 120 Å². The molecule has 4 bridgehead atoms. The minimum absolute atomic E-state index is 0.0538. The number of allylic oxidation sites excluding steroid dienone is 2. The van der Waals surface area contributed by atoms with E-state index >= 15 is 0 Å². The number of nitrogens with one attached hydrogen (secondary N) is 3. The minimum Gasteiger partial charge on any atom is -0.507 e. The van der Waals surface area contributed by atoms with Crippen molar-refractivity contribution in [2.75, 3.05) is 58.2 Å². The molecule has 1 spiro atoms. The number of nitrogens with zero attached hydrogens (tertiary/aromatic N) is 3. The zero-order valence-corrected chi connectivity index (χ0v) is 40.9. The predicted octanol–water partition coefficient (Wildman–Crippen LogP) is 3.93. The number of aliphatic hydroxyl groups is 2. The van der Waals surface area contributed by atoms with Gasteiger partial charge in [-0.15, -0.1) is 0 Å². The van der Waals surface area contributed by atoms with E-state index in [-0.39, 0.29) is 49.7 Å². The van der Waals surface area contributed by atoms with Gasteiger partial charge in [-0.05, 0) is 25.8 Å². The van der Waals surface area contributed by atoms with Gasteiger partial charge in [-0.25, -0.2) is 4.99 Å². The van der Waals surface area contributed by atoms with Gasteiger partial charge in [0.05, 0.1) is 41.2 Å². The number of likely N-dealkylation sites (tertiary alicyclic amines) is 1. The normalized spacial score (nSPS) is 31.9. The number of ether oxygens (including phenoxy) is 4. The molecule has 5 heterocycles. The number of hydrogen-bond donors (Lipinski definition) is 7. The van der Waals surface area contributed by atoms with E-state index in [1.165, 1.54) is 27.2 Å². The van der Waals surface area contributed by atoms with Crippen LogP contribution in [0.5, 0.6) is 17.2 Å². The number of rotatable bonds is 4. The lowest BCUT2D eigenvalue weighted by Gasteiger charge is -2.38. The summed E-state index contributed by atoms with van der Waals surface area (Å²) in [6, 6.07) is 0. The third kappa shape index (κ3) is 10.7. The number of esters is 1. The largest absolute Gasteiger partial charge is 0.507 e. The Kier molecular flexibility index (Phi) is 16.3. The molecule has 2 aromatic carbocycles. The number of piperidine rings is 1. The van der Waals surface area contributed by atoms with Gasteiger partial charge in [-0.1, -0.05) is 59.8 Å². The number of carbonyl (C=O) groups excluding carboxylic acids is 3. The van der Waals surface area contributed by atoms with Gasteiger partial charge in [0.2, 0.25) is 0 Å². The van der Waals surface area contributed by atoms with Gasteiger partial charge in [0.25, 0.3) is 11.7 Å². The fraction of sp³-hybridized carbons (Fsp3) is 0.620. The standard InChI is InChI=1S/C46H62N4O11.C4H10N2/c1-22(2)21-50-18-16-46(17-19-50)48-34-31-32-39(54)28(8)42-33(31)43(56)45(10,61-42)59-20-15-30(58-11)25(5)41(60-29(9)51)27(7)38(53)26(6)37(52)23(3)13-12-14-24(4)44(57)47-36(40(32)55)35(34)49-46;1-2-6-4-3-5-1/h12-15,20,22-23,25-27,30,37-38,41,48,52-55H,16-19,21H2,1-11H3;5-6H,1-4H2/b13-12+,20-15+,24-14-,47-36?;/t23-,25+,26+,27+,30-,37-,38+,41+,45-;/m0./s1. The quantitative estimate of drug-likeness (QED) is 0.170. The van der Waals surface area contributed by atoms with E-state index in [9.17, 15) is 34.8 Å². The number of amides is 1. The third-order valence-electron chi connectivity index (χ3n) is 13.9. The number of fused-ring (bicyclic) bond motifs is 1. The smallest absolute Gasteiger partial charge is 0.312 e. The maximum atomic E-state index is 14.7. The summed E-state index contributed by atoms with van der Waals surface area (Å²) in [4.78, 5) is 52.9. The summed E-state index contributed by atoms with van der Waals surface area (Å²) in [5.41, 5.74) is -0.111. The van der Waals surface area contributed by atoms with Crippen molar-refractivity contribution in [3.05, 3.63) is 58.0 Å². The number of phenolic OH excluding ortho intramolecular Hbond substituents is 2. The number of hydrogen-bond acceptors (Lipinski definition) is 16. The second kappa shape index (κ2) is 21.2. The van der Waals surface area contributed by atoms with Crippen LogP contribution in [0.1, 0.15) is 91.1 Å². The van der Waals surface area contributed by atoms with Crippen LogP contribution in [0.4, 0.5) is 5.69 Å². The Labute approximate surface area is 393 Å². The molecule has 2 saturated heterocycles. The van der Waals surface area contributed by atoms with Crippen LogP contribution in [0.25, 0.3) is 10.8 Å². The highest BCUT2D eigenvalue weighted by atomic mass is 16.7. The highest BCUT2D eigenvalue weighted by Gasteiger charge is 2.51.